The minimum atomic E-state index is -0.122. The average molecular weight is 631 g/mol. The molecular weight excluding hydrogens is 597 g/mol. The molecule has 0 fully saturated rings. The maximum atomic E-state index is 5.23. The number of rotatable bonds is 3. The number of fused-ring (bicyclic) bond motifs is 9. The summed E-state index contributed by atoms with van der Waals surface area (Å²) in [6.07, 6.45) is 2.63. The zero-order valence-corrected chi connectivity index (χ0v) is 28.0. The predicted molar refractivity (Wildman–Crippen MR) is 197 cm³/mol. The standard InChI is InChI=1S/C45H34N4/c1-44(2)36-16-7-5-12-29(36)31-20-19-26(24-38(31)44)41-47-42(49-43(48-41)40-18-9-10-21-46-40)32-15-11-14-28-33-25-39-35(23-27(33)22-34(28)32)30-13-6-8-17-37(30)45(39,3)4/h5-21,23-25H,22H2,1-4H3. The van der Waals surface area contributed by atoms with Crippen LogP contribution in [0.2, 0.25) is 0 Å². The van der Waals surface area contributed by atoms with E-state index in [0.29, 0.717) is 17.5 Å². The number of benzene rings is 5. The molecule has 5 aromatic carbocycles. The number of hydrogen-bond acceptors (Lipinski definition) is 4. The molecule has 0 saturated heterocycles. The summed E-state index contributed by atoms with van der Waals surface area (Å²) in [4.78, 5) is 20.0. The summed E-state index contributed by atoms with van der Waals surface area (Å²) in [7, 11) is 0. The van der Waals surface area contributed by atoms with Crippen molar-refractivity contribution in [1.82, 2.24) is 19.9 Å². The highest BCUT2D eigenvalue weighted by Gasteiger charge is 2.38. The van der Waals surface area contributed by atoms with Crippen molar-refractivity contribution < 1.29 is 0 Å². The van der Waals surface area contributed by atoms with Crippen molar-refractivity contribution in [3.05, 3.63) is 155 Å². The summed E-state index contributed by atoms with van der Waals surface area (Å²) < 4.78 is 0. The minimum Gasteiger partial charge on any atom is -0.253 e. The lowest BCUT2D eigenvalue weighted by atomic mass is 9.81. The summed E-state index contributed by atoms with van der Waals surface area (Å²) in [6, 6.07) is 41.6. The second-order valence-corrected chi connectivity index (χ2v) is 14.7. The van der Waals surface area contributed by atoms with Gasteiger partial charge in [-0.1, -0.05) is 113 Å². The van der Waals surface area contributed by atoms with E-state index in [1.807, 2.05) is 18.2 Å². The van der Waals surface area contributed by atoms with Crippen LogP contribution in [0.4, 0.5) is 0 Å². The molecule has 0 bridgehead atoms. The number of pyridine rings is 1. The predicted octanol–water partition coefficient (Wildman–Crippen LogP) is 10.5. The monoisotopic (exact) mass is 630 g/mol. The maximum Gasteiger partial charge on any atom is 0.182 e. The summed E-state index contributed by atoms with van der Waals surface area (Å²) in [5.74, 6) is 1.91. The molecule has 0 unspecified atom stereocenters. The van der Waals surface area contributed by atoms with Crippen LogP contribution in [-0.4, -0.2) is 19.9 Å². The molecule has 0 saturated carbocycles. The van der Waals surface area contributed by atoms with Gasteiger partial charge in [0.15, 0.2) is 17.5 Å². The van der Waals surface area contributed by atoms with Crippen molar-refractivity contribution in [2.24, 2.45) is 0 Å². The molecule has 7 aromatic rings. The molecule has 0 amide bonds. The van der Waals surface area contributed by atoms with Gasteiger partial charge in [0.1, 0.15) is 5.69 Å². The fraction of sp³-hybridized carbons (Fsp3) is 0.156. The number of hydrogen-bond donors (Lipinski definition) is 0. The fourth-order valence-electron chi connectivity index (χ4n) is 8.70. The number of nitrogens with zero attached hydrogens (tertiary/aromatic N) is 4. The van der Waals surface area contributed by atoms with Crippen LogP contribution in [-0.2, 0) is 17.3 Å². The largest absolute Gasteiger partial charge is 0.253 e. The molecule has 4 heteroatoms. The second kappa shape index (κ2) is 9.90. The van der Waals surface area contributed by atoms with Gasteiger partial charge in [-0.2, -0.15) is 0 Å². The van der Waals surface area contributed by atoms with Gasteiger partial charge in [0.05, 0.1) is 0 Å². The van der Waals surface area contributed by atoms with Gasteiger partial charge < -0.3 is 0 Å². The van der Waals surface area contributed by atoms with Crippen molar-refractivity contribution in [2.75, 3.05) is 0 Å². The third-order valence-electron chi connectivity index (χ3n) is 11.3. The first-order valence-corrected chi connectivity index (χ1v) is 17.1. The topological polar surface area (TPSA) is 51.6 Å². The molecule has 234 valence electrons. The molecule has 0 atom stereocenters. The highest BCUT2D eigenvalue weighted by Crippen LogP contribution is 2.53. The van der Waals surface area contributed by atoms with Crippen molar-refractivity contribution >= 4 is 0 Å². The first-order valence-electron chi connectivity index (χ1n) is 17.1. The Kier molecular flexibility index (Phi) is 5.71. The lowest BCUT2D eigenvalue weighted by molar-refractivity contribution is 0.660. The van der Waals surface area contributed by atoms with Gasteiger partial charge in [0.2, 0.25) is 0 Å². The summed E-state index contributed by atoms with van der Waals surface area (Å²) in [5, 5.41) is 0. The van der Waals surface area contributed by atoms with Crippen molar-refractivity contribution in [3.8, 4) is 67.7 Å². The van der Waals surface area contributed by atoms with Gasteiger partial charge in [0, 0.05) is 28.2 Å². The lowest BCUT2D eigenvalue weighted by Crippen LogP contribution is -2.15. The van der Waals surface area contributed by atoms with E-state index in [1.54, 1.807) is 6.20 Å². The van der Waals surface area contributed by atoms with E-state index in [0.717, 1.165) is 23.2 Å². The molecule has 10 rings (SSSR count). The highest BCUT2D eigenvalue weighted by atomic mass is 15.0. The molecule has 49 heavy (non-hydrogen) atoms. The van der Waals surface area contributed by atoms with E-state index >= 15 is 0 Å². The molecule has 0 spiro atoms. The van der Waals surface area contributed by atoms with Crippen LogP contribution < -0.4 is 0 Å². The summed E-state index contributed by atoms with van der Waals surface area (Å²) >= 11 is 0. The van der Waals surface area contributed by atoms with E-state index in [4.69, 9.17) is 15.0 Å². The van der Waals surface area contributed by atoms with Crippen molar-refractivity contribution in [2.45, 2.75) is 44.9 Å². The van der Waals surface area contributed by atoms with Gasteiger partial charge in [-0.25, -0.2) is 15.0 Å². The van der Waals surface area contributed by atoms with Gasteiger partial charge in [-0.15, -0.1) is 0 Å². The Morgan fingerprint density at radius 1 is 0.449 bits per heavy atom. The van der Waals surface area contributed by atoms with E-state index in [-0.39, 0.29) is 10.8 Å². The zero-order chi connectivity index (χ0) is 33.1. The molecular formula is C45H34N4. The van der Waals surface area contributed by atoms with Crippen molar-refractivity contribution in [3.63, 3.8) is 0 Å². The van der Waals surface area contributed by atoms with Crippen LogP contribution in [0.25, 0.3) is 67.7 Å². The van der Waals surface area contributed by atoms with Gasteiger partial charge >= 0.3 is 0 Å². The van der Waals surface area contributed by atoms with Crippen LogP contribution in [0.3, 0.4) is 0 Å². The Labute approximate surface area is 286 Å². The van der Waals surface area contributed by atoms with Crippen LogP contribution in [0.1, 0.15) is 61.1 Å². The third kappa shape index (κ3) is 3.98. The van der Waals surface area contributed by atoms with Crippen LogP contribution in [0, 0.1) is 0 Å². The molecule has 3 aliphatic rings. The average Bonchev–Trinajstić information content (AvgIpc) is 3.70. The first-order chi connectivity index (χ1) is 23.8. The van der Waals surface area contributed by atoms with E-state index in [1.165, 1.54) is 66.8 Å². The summed E-state index contributed by atoms with van der Waals surface area (Å²) in [6.45, 7) is 9.31. The van der Waals surface area contributed by atoms with E-state index in [2.05, 4.69) is 130 Å². The smallest absolute Gasteiger partial charge is 0.182 e. The molecule has 0 N–H and O–H groups in total. The Balaban J connectivity index is 1.13. The lowest BCUT2D eigenvalue weighted by Gasteiger charge is -2.22. The Bertz CT molecular complexity index is 2530. The minimum absolute atomic E-state index is 0.0478. The maximum absolute atomic E-state index is 5.23. The van der Waals surface area contributed by atoms with Crippen LogP contribution in [0.15, 0.2) is 121 Å². The van der Waals surface area contributed by atoms with E-state index in [9.17, 15) is 0 Å². The third-order valence-corrected chi connectivity index (χ3v) is 11.3. The highest BCUT2D eigenvalue weighted by molar-refractivity contribution is 5.90. The second-order valence-electron chi connectivity index (χ2n) is 14.7. The van der Waals surface area contributed by atoms with Crippen LogP contribution >= 0.6 is 0 Å². The van der Waals surface area contributed by atoms with E-state index < -0.39 is 0 Å². The van der Waals surface area contributed by atoms with Crippen molar-refractivity contribution in [1.29, 1.82) is 0 Å². The molecule has 2 aromatic heterocycles. The number of aromatic nitrogens is 4. The Hall–Kier alpha value is -5.74. The normalized spacial score (nSPS) is 15.2. The SMILES string of the molecule is CC1(C)c2ccccc2-c2ccc(-c3nc(-c4ccccn4)nc(-c4cccc5c4Cc4cc6c(cc4-5)C(C)(C)c4ccccc4-6)n3)cc21. The Morgan fingerprint density at radius 2 is 1.06 bits per heavy atom. The molecule has 3 aliphatic carbocycles. The van der Waals surface area contributed by atoms with Gasteiger partial charge in [-0.3, -0.25) is 4.98 Å². The van der Waals surface area contributed by atoms with Gasteiger partial charge in [0.25, 0.3) is 0 Å². The molecule has 0 aliphatic heterocycles. The summed E-state index contributed by atoms with van der Waals surface area (Å²) in [5.41, 5.74) is 18.5. The quantitative estimate of drug-likeness (QED) is 0.195. The molecule has 4 nitrogen and oxygen atoms in total. The van der Waals surface area contributed by atoms with Crippen LogP contribution in [0.5, 0.6) is 0 Å². The zero-order valence-electron chi connectivity index (χ0n) is 28.0. The fourth-order valence-corrected chi connectivity index (χ4v) is 8.70. The first kappa shape index (κ1) is 28.3. The molecule has 0 radical (unpaired) electrons. The van der Waals surface area contributed by atoms with Gasteiger partial charge in [-0.05, 0) is 104 Å². The molecule has 2 heterocycles. The Morgan fingerprint density at radius 3 is 1.82 bits per heavy atom.